The van der Waals surface area contributed by atoms with Gasteiger partial charge in [0.1, 0.15) is 0 Å². The molecule has 0 unspecified atom stereocenters. The lowest BCUT2D eigenvalue weighted by atomic mass is 10.0. The van der Waals surface area contributed by atoms with Gasteiger partial charge in [0.15, 0.2) is 10.8 Å². The van der Waals surface area contributed by atoms with Crippen LogP contribution >= 0.6 is 11.6 Å². The van der Waals surface area contributed by atoms with Crippen molar-refractivity contribution in [1.82, 2.24) is 15.5 Å². The Balaban J connectivity index is 1.91. The van der Waals surface area contributed by atoms with E-state index in [2.05, 4.69) is 22.4 Å². The molecule has 1 fully saturated rings. The molecule has 0 bridgehead atoms. The first-order valence-corrected chi connectivity index (χ1v) is 5.80. The average molecular weight is 240 g/mol. The Labute approximate surface area is 99.4 Å². The van der Waals surface area contributed by atoms with Gasteiger partial charge in [0.25, 0.3) is 5.91 Å². The number of amides is 1. The molecule has 2 rings (SSSR count). The minimum atomic E-state index is -0.177. The molecule has 1 aromatic heterocycles. The summed E-state index contributed by atoms with van der Waals surface area (Å²) in [5.41, 5.74) is 0.659. The molecule has 0 aromatic carbocycles. The van der Waals surface area contributed by atoms with E-state index in [0.717, 1.165) is 13.0 Å². The highest BCUT2D eigenvalue weighted by molar-refractivity contribution is 6.29. The van der Waals surface area contributed by atoms with Gasteiger partial charge < -0.3 is 5.32 Å². The molecule has 1 saturated carbocycles. The second kappa shape index (κ2) is 4.37. The van der Waals surface area contributed by atoms with Gasteiger partial charge in [-0.15, -0.1) is 10.2 Å². The minimum absolute atomic E-state index is 0.177. The molecule has 0 radical (unpaired) electrons. The van der Waals surface area contributed by atoms with Crippen molar-refractivity contribution in [2.24, 2.45) is 5.41 Å². The second-order valence-corrected chi connectivity index (χ2v) is 4.66. The molecule has 1 aromatic rings. The lowest BCUT2D eigenvalue weighted by Gasteiger charge is -2.12. The normalized spacial score (nSPS) is 16.9. The Bertz CT molecular complexity index is 387. The fourth-order valence-corrected chi connectivity index (χ4v) is 1.73. The van der Waals surface area contributed by atoms with E-state index in [1.165, 1.54) is 12.8 Å². The third-order valence-corrected chi connectivity index (χ3v) is 3.40. The van der Waals surface area contributed by atoms with Crippen molar-refractivity contribution in [3.05, 3.63) is 23.0 Å². The molecule has 0 aliphatic heterocycles. The van der Waals surface area contributed by atoms with E-state index >= 15 is 0 Å². The average Bonchev–Trinajstić information content (AvgIpc) is 3.08. The Kier molecular flexibility index (Phi) is 3.10. The summed E-state index contributed by atoms with van der Waals surface area (Å²) in [5, 5.41) is 10.5. The number of nitrogens with zero attached hydrogens (tertiary/aromatic N) is 2. The van der Waals surface area contributed by atoms with Crippen LogP contribution < -0.4 is 5.32 Å². The molecule has 1 aliphatic rings. The van der Waals surface area contributed by atoms with E-state index in [1.807, 2.05) is 0 Å². The largest absolute Gasteiger partial charge is 0.350 e. The van der Waals surface area contributed by atoms with Gasteiger partial charge in [-0.2, -0.15) is 0 Å². The third kappa shape index (κ3) is 2.50. The van der Waals surface area contributed by atoms with Crippen LogP contribution in [0.1, 0.15) is 36.7 Å². The Morgan fingerprint density at radius 3 is 2.75 bits per heavy atom. The van der Waals surface area contributed by atoms with Crippen molar-refractivity contribution >= 4 is 17.5 Å². The van der Waals surface area contributed by atoms with Crippen LogP contribution in [0.15, 0.2) is 12.1 Å². The van der Waals surface area contributed by atoms with Crippen molar-refractivity contribution in [2.45, 2.75) is 26.2 Å². The van der Waals surface area contributed by atoms with Crippen molar-refractivity contribution in [3.63, 3.8) is 0 Å². The minimum Gasteiger partial charge on any atom is -0.350 e. The number of aromatic nitrogens is 2. The fourth-order valence-electron chi connectivity index (χ4n) is 1.63. The maximum absolute atomic E-state index is 11.7. The molecule has 0 atom stereocenters. The zero-order valence-electron chi connectivity index (χ0n) is 9.16. The Hall–Kier alpha value is -1.16. The van der Waals surface area contributed by atoms with Crippen LogP contribution in [0.2, 0.25) is 5.15 Å². The summed E-state index contributed by atoms with van der Waals surface area (Å²) in [4.78, 5) is 11.7. The van der Waals surface area contributed by atoms with E-state index < -0.39 is 0 Å². The highest BCUT2D eigenvalue weighted by Crippen LogP contribution is 2.47. The molecule has 1 amide bonds. The predicted molar refractivity (Wildman–Crippen MR) is 61.3 cm³/mol. The Morgan fingerprint density at radius 1 is 1.50 bits per heavy atom. The van der Waals surface area contributed by atoms with Gasteiger partial charge in [-0.05, 0) is 36.8 Å². The van der Waals surface area contributed by atoms with E-state index in [9.17, 15) is 4.79 Å². The summed E-state index contributed by atoms with van der Waals surface area (Å²) in [6.45, 7) is 2.88. The van der Waals surface area contributed by atoms with Gasteiger partial charge >= 0.3 is 0 Å². The fraction of sp³-hybridized carbons (Fsp3) is 0.545. The van der Waals surface area contributed by atoms with Crippen molar-refractivity contribution in [2.75, 3.05) is 6.54 Å². The van der Waals surface area contributed by atoms with Crippen LogP contribution in [-0.4, -0.2) is 22.6 Å². The quantitative estimate of drug-likeness (QED) is 0.875. The molecule has 4 nitrogen and oxygen atoms in total. The predicted octanol–water partition coefficient (Wildman–Crippen LogP) is 2.05. The number of hydrogen-bond donors (Lipinski definition) is 1. The third-order valence-electron chi connectivity index (χ3n) is 3.20. The van der Waals surface area contributed by atoms with Gasteiger partial charge in [-0.25, -0.2) is 0 Å². The molecule has 1 N–H and O–H groups in total. The van der Waals surface area contributed by atoms with Crippen LogP contribution in [0, 0.1) is 5.41 Å². The highest BCUT2D eigenvalue weighted by atomic mass is 35.5. The van der Waals surface area contributed by atoms with Gasteiger partial charge in [0, 0.05) is 6.54 Å². The molecule has 86 valence electrons. The van der Waals surface area contributed by atoms with Crippen LogP contribution in [0.3, 0.4) is 0 Å². The first kappa shape index (κ1) is 11.3. The lowest BCUT2D eigenvalue weighted by molar-refractivity contribution is 0.0938. The van der Waals surface area contributed by atoms with Gasteiger partial charge in [-0.3, -0.25) is 4.79 Å². The summed E-state index contributed by atoms with van der Waals surface area (Å²) >= 11 is 5.59. The smallest absolute Gasteiger partial charge is 0.271 e. The zero-order chi connectivity index (χ0) is 11.6. The first-order chi connectivity index (χ1) is 7.65. The van der Waals surface area contributed by atoms with Crippen LogP contribution in [0.5, 0.6) is 0 Å². The number of carbonyl (C=O) groups is 1. The summed E-state index contributed by atoms with van der Waals surface area (Å²) in [6.07, 6.45) is 3.52. The van der Waals surface area contributed by atoms with Gasteiger partial charge in [0.05, 0.1) is 0 Å². The van der Waals surface area contributed by atoms with E-state index in [1.54, 1.807) is 12.1 Å². The van der Waals surface area contributed by atoms with E-state index in [0.29, 0.717) is 16.3 Å². The summed E-state index contributed by atoms with van der Waals surface area (Å²) in [7, 11) is 0. The maximum atomic E-state index is 11.7. The van der Waals surface area contributed by atoms with Crippen LogP contribution in [0.4, 0.5) is 0 Å². The maximum Gasteiger partial charge on any atom is 0.271 e. The number of nitrogens with one attached hydrogen (secondary N) is 1. The lowest BCUT2D eigenvalue weighted by Crippen LogP contribution is -2.30. The molecule has 0 spiro atoms. The first-order valence-electron chi connectivity index (χ1n) is 5.43. The van der Waals surface area contributed by atoms with E-state index in [-0.39, 0.29) is 5.91 Å². The molecular weight excluding hydrogens is 226 g/mol. The van der Waals surface area contributed by atoms with Crippen molar-refractivity contribution < 1.29 is 4.79 Å². The van der Waals surface area contributed by atoms with Gasteiger partial charge in [0.2, 0.25) is 0 Å². The monoisotopic (exact) mass is 239 g/mol. The number of hydrogen-bond acceptors (Lipinski definition) is 3. The van der Waals surface area contributed by atoms with E-state index in [4.69, 9.17) is 11.6 Å². The molecule has 5 heteroatoms. The highest BCUT2D eigenvalue weighted by Gasteiger charge is 2.40. The van der Waals surface area contributed by atoms with Crippen molar-refractivity contribution in [1.29, 1.82) is 0 Å². The van der Waals surface area contributed by atoms with Crippen LogP contribution in [-0.2, 0) is 0 Å². The second-order valence-electron chi connectivity index (χ2n) is 4.28. The topological polar surface area (TPSA) is 54.9 Å². The number of rotatable bonds is 4. The van der Waals surface area contributed by atoms with Crippen molar-refractivity contribution in [3.8, 4) is 0 Å². The summed E-state index contributed by atoms with van der Waals surface area (Å²) in [5.74, 6) is -0.177. The Morgan fingerprint density at radius 2 is 2.25 bits per heavy atom. The van der Waals surface area contributed by atoms with Crippen LogP contribution in [0.25, 0.3) is 0 Å². The molecule has 0 saturated heterocycles. The molecule has 1 heterocycles. The molecular formula is C11H14ClN3O. The summed E-state index contributed by atoms with van der Waals surface area (Å²) in [6, 6.07) is 3.15. The van der Waals surface area contributed by atoms with Gasteiger partial charge in [-0.1, -0.05) is 18.5 Å². The summed E-state index contributed by atoms with van der Waals surface area (Å²) < 4.78 is 0. The zero-order valence-corrected chi connectivity index (χ0v) is 9.92. The molecule has 1 aliphatic carbocycles. The molecule has 16 heavy (non-hydrogen) atoms. The number of carbonyl (C=O) groups excluding carboxylic acids is 1. The standard InChI is InChI=1S/C11H14ClN3O/c1-2-11(5-6-11)7-13-10(16)8-3-4-9(12)15-14-8/h3-4H,2,5-7H2,1H3,(H,13,16). The number of halogens is 1. The SMILES string of the molecule is CCC1(CNC(=O)c2ccc(Cl)nn2)CC1.